The van der Waals surface area contributed by atoms with E-state index in [-0.39, 0.29) is 0 Å². The molecule has 3 fully saturated rings. The summed E-state index contributed by atoms with van der Waals surface area (Å²) >= 11 is 0. The van der Waals surface area contributed by atoms with Gasteiger partial charge in [-0.2, -0.15) is 0 Å². The van der Waals surface area contributed by atoms with E-state index in [1.54, 1.807) is 0 Å². The van der Waals surface area contributed by atoms with Gasteiger partial charge in [-0.05, 0) is 56.3 Å². The van der Waals surface area contributed by atoms with Gasteiger partial charge in [-0.15, -0.1) is 0 Å². The van der Waals surface area contributed by atoms with Gasteiger partial charge in [0.2, 0.25) is 5.91 Å². The second-order valence-corrected chi connectivity index (χ2v) is 6.49. The fourth-order valence-electron chi connectivity index (χ4n) is 4.03. The average molecular weight is 236 g/mol. The fourth-order valence-corrected chi connectivity index (χ4v) is 4.03. The first-order valence-electron chi connectivity index (χ1n) is 7.25. The molecule has 0 radical (unpaired) electrons. The number of nitrogens with one attached hydrogen (secondary N) is 1. The Morgan fingerprint density at radius 2 is 1.76 bits per heavy atom. The van der Waals surface area contributed by atoms with E-state index in [9.17, 15) is 4.79 Å². The zero-order valence-corrected chi connectivity index (χ0v) is 10.5. The number of nitrogens with two attached hydrogens (primary N) is 1. The monoisotopic (exact) mass is 236 g/mol. The summed E-state index contributed by atoms with van der Waals surface area (Å²) in [5.41, 5.74) is 5.98. The van der Waals surface area contributed by atoms with Crippen LogP contribution >= 0.6 is 0 Å². The van der Waals surface area contributed by atoms with E-state index in [2.05, 4.69) is 5.32 Å². The Bertz CT molecular complexity index is 287. The number of hydrogen-bond donors (Lipinski definition) is 2. The third kappa shape index (κ3) is 2.49. The molecular weight excluding hydrogens is 212 g/mol. The molecule has 3 saturated carbocycles. The zero-order valence-electron chi connectivity index (χ0n) is 10.5. The molecule has 3 rings (SSSR count). The van der Waals surface area contributed by atoms with Crippen LogP contribution in [0.1, 0.15) is 51.4 Å². The molecule has 3 aliphatic rings. The van der Waals surface area contributed by atoms with Gasteiger partial charge in [-0.3, -0.25) is 4.79 Å². The normalized spacial score (nSPS) is 41.0. The molecule has 0 spiro atoms. The molecule has 0 bridgehead atoms. The van der Waals surface area contributed by atoms with Crippen LogP contribution in [0.2, 0.25) is 0 Å². The third-order valence-electron chi connectivity index (χ3n) is 5.12. The summed E-state index contributed by atoms with van der Waals surface area (Å²) in [5.74, 6) is 2.56. The summed E-state index contributed by atoms with van der Waals surface area (Å²) in [7, 11) is 0. The van der Waals surface area contributed by atoms with Crippen LogP contribution in [0.5, 0.6) is 0 Å². The van der Waals surface area contributed by atoms with Gasteiger partial charge >= 0.3 is 0 Å². The molecule has 0 saturated heterocycles. The lowest BCUT2D eigenvalue weighted by molar-refractivity contribution is -0.123. The molecule has 3 nitrogen and oxygen atoms in total. The van der Waals surface area contributed by atoms with Crippen LogP contribution < -0.4 is 11.1 Å². The van der Waals surface area contributed by atoms with Crippen molar-refractivity contribution in [2.75, 3.05) is 0 Å². The number of rotatable bonds is 3. The van der Waals surface area contributed by atoms with Crippen molar-refractivity contribution in [3.8, 4) is 0 Å². The van der Waals surface area contributed by atoms with Crippen LogP contribution in [0, 0.1) is 17.8 Å². The molecule has 17 heavy (non-hydrogen) atoms. The molecule has 3 heteroatoms. The smallest absolute Gasteiger partial charge is 0.220 e. The van der Waals surface area contributed by atoms with E-state index in [1.807, 2.05) is 0 Å². The van der Waals surface area contributed by atoms with Crippen LogP contribution in [0.3, 0.4) is 0 Å². The predicted molar refractivity (Wildman–Crippen MR) is 67.3 cm³/mol. The minimum absolute atomic E-state index is 0.295. The number of carbonyl (C=O) groups is 1. The molecule has 96 valence electrons. The summed E-state index contributed by atoms with van der Waals surface area (Å²) in [6.45, 7) is 0. The van der Waals surface area contributed by atoms with E-state index < -0.39 is 0 Å². The maximum Gasteiger partial charge on any atom is 0.220 e. The highest BCUT2D eigenvalue weighted by Crippen LogP contribution is 2.43. The first-order valence-corrected chi connectivity index (χ1v) is 7.25. The molecule has 1 amide bonds. The maximum absolute atomic E-state index is 11.9. The summed E-state index contributed by atoms with van der Waals surface area (Å²) in [6.07, 6.45) is 9.33. The molecule has 2 unspecified atom stereocenters. The highest BCUT2D eigenvalue weighted by molar-refractivity contribution is 5.76. The summed E-state index contributed by atoms with van der Waals surface area (Å²) in [5, 5.41) is 3.24. The van der Waals surface area contributed by atoms with Gasteiger partial charge in [0, 0.05) is 18.5 Å². The van der Waals surface area contributed by atoms with E-state index >= 15 is 0 Å². The Morgan fingerprint density at radius 3 is 2.29 bits per heavy atom. The molecular formula is C14H24N2O. The van der Waals surface area contributed by atoms with E-state index in [0.717, 1.165) is 18.3 Å². The van der Waals surface area contributed by atoms with Gasteiger partial charge in [-0.25, -0.2) is 0 Å². The van der Waals surface area contributed by atoms with Crippen LogP contribution in [-0.2, 0) is 4.79 Å². The highest BCUT2D eigenvalue weighted by Gasteiger charge is 2.40. The first kappa shape index (κ1) is 11.5. The molecule has 0 aliphatic heterocycles. The Labute approximate surface area is 104 Å². The maximum atomic E-state index is 11.9. The SMILES string of the molecule is NC1CC2CC(NC(=O)CC3CCC3)CC2C1. The molecule has 3 aliphatic carbocycles. The topological polar surface area (TPSA) is 55.1 Å². The summed E-state index contributed by atoms with van der Waals surface area (Å²) < 4.78 is 0. The molecule has 0 aromatic carbocycles. The van der Waals surface area contributed by atoms with Gasteiger partial charge in [0.05, 0.1) is 0 Å². The van der Waals surface area contributed by atoms with Crippen LogP contribution in [0.25, 0.3) is 0 Å². The standard InChI is InChI=1S/C14H24N2O/c15-12-5-10-7-13(8-11(10)6-12)16-14(17)4-9-2-1-3-9/h9-13H,1-8,15H2,(H,16,17). The van der Waals surface area contributed by atoms with Crippen molar-refractivity contribution in [1.82, 2.24) is 5.32 Å². The Kier molecular flexibility index (Phi) is 3.12. The van der Waals surface area contributed by atoms with Crippen LogP contribution in [0.15, 0.2) is 0 Å². The largest absolute Gasteiger partial charge is 0.353 e. The van der Waals surface area contributed by atoms with Crippen molar-refractivity contribution in [3.05, 3.63) is 0 Å². The van der Waals surface area contributed by atoms with Gasteiger partial charge in [0.25, 0.3) is 0 Å². The fraction of sp³-hybridized carbons (Fsp3) is 0.929. The second-order valence-electron chi connectivity index (χ2n) is 6.49. The first-order chi connectivity index (χ1) is 8.20. The minimum atomic E-state index is 0.295. The lowest BCUT2D eigenvalue weighted by atomic mass is 9.83. The molecule has 0 aromatic rings. The van der Waals surface area contributed by atoms with Gasteiger partial charge in [-0.1, -0.05) is 6.42 Å². The van der Waals surface area contributed by atoms with Crippen molar-refractivity contribution in [2.24, 2.45) is 23.5 Å². The van der Waals surface area contributed by atoms with Crippen molar-refractivity contribution >= 4 is 5.91 Å². The van der Waals surface area contributed by atoms with Gasteiger partial charge in [0.15, 0.2) is 0 Å². The van der Waals surface area contributed by atoms with Crippen molar-refractivity contribution < 1.29 is 4.79 Å². The second kappa shape index (κ2) is 4.60. The van der Waals surface area contributed by atoms with E-state index in [4.69, 9.17) is 5.73 Å². The lowest BCUT2D eigenvalue weighted by Gasteiger charge is -2.25. The average Bonchev–Trinajstić information content (AvgIpc) is 2.68. The van der Waals surface area contributed by atoms with Gasteiger partial charge < -0.3 is 11.1 Å². The summed E-state index contributed by atoms with van der Waals surface area (Å²) in [6, 6.07) is 0.877. The minimum Gasteiger partial charge on any atom is -0.353 e. The molecule has 3 N–H and O–H groups in total. The predicted octanol–water partition coefficient (Wildman–Crippen LogP) is 1.81. The zero-order chi connectivity index (χ0) is 11.8. The highest BCUT2D eigenvalue weighted by atomic mass is 16.1. The Balaban J connectivity index is 1.43. The van der Waals surface area contributed by atoms with E-state index in [1.165, 1.54) is 44.9 Å². The van der Waals surface area contributed by atoms with Crippen LogP contribution in [0.4, 0.5) is 0 Å². The van der Waals surface area contributed by atoms with Crippen molar-refractivity contribution in [3.63, 3.8) is 0 Å². The van der Waals surface area contributed by atoms with Gasteiger partial charge in [0.1, 0.15) is 0 Å². The third-order valence-corrected chi connectivity index (χ3v) is 5.12. The Hall–Kier alpha value is -0.570. The van der Waals surface area contributed by atoms with Crippen molar-refractivity contribution in [1.29, 1.82) is 0 Å². The number of amides is 1. The molecule has 2 atom stereocenters. The molecule has 0 heterocycles. The number of carbonyl (C=O) groups excluding carboxylic acids is 1. The number of hydrogen-bond acceptors (Lipinski definition) is 2. The summed E-state index contributed by atoms with van der Waals surface area (Å²) in [4.78, 5) is 11.9. The Morgan fingerprint density at radius 1 is 1.12 bits per heavy atom. The van der Waals surface area contributed by atoms with Crippen LogP contribution in [-0.4, -0.2) is 18.0 Å². The lowest BCUT2D eigenvalue weighted by Crippen LogP contribution is -2.35. The van der Waals surface area contributed by atoms with E-state index in [0.29, 0.717) is 23.9 Å². The van der Waals surface area contributed by atoms with Crippen molar-refractivity contribution in [2.45, 2.75) is 63.5 Å². The molecule has 0 aromatic heterocycles. The number of fused-ring (bicyclic) bond motifs is 1. The quantitative estimate of drug-likeness (QED) is 0.785.